The van der Waals surface area contributed by atoms with Crippen LogP contribution in [0, 0.1) is 11.8 Å². The third-order valence-corrected chi connectivity index (χ3v) is 3.34. The number of hydrogen-bond acceptors (Lipinski definition) is 2. The molecule has 0 saturated heterocycles. The molecular weight excluding hydrogens is 188 g/mol. The number of hydrogen-bond donors (Lipinski definition) is 0. The fourth-order valence-electron chi connectivity index (χ4n) is 2.27. The molecule has 0 amide bonds. The monoisotopic (exact) mass is 206 g/mol. The van der Waals surface area contributed by atoms with Gasteiger partial charge in [0.05, 0.1) is 6.33 Å². The summed E-state index contributed by atoms with van der Waals surface area (Å²) in [6, 6.07) is 0. The zero-order valence-corrected chi connectivity index (χ0v) is 9.44. The first kappa shape index (κ1) is 10.4. The van der Waals surface area contributed by atoms with Crippen LogP contribution in [0.2, 0.25) is 0 Å². The number of aryl methyl sites for hydroxylation is 1. The van der Waals surface area contributed by atoms with Crippen LogP contribution in [-0.4, -0.2) is 15.3 Å². The number of imidazole rings is 1. The molecule has 0 spiro atoms. The largest absolute Gasteiger partial charge is 0.340 e. The summed E-state index contributed by atoms with van der Waals surface area (Å²) in [6.45, 7) is 2.27. The van der Waals surface area contributed by atoms with Crippen LogP contribution in [-0.2, 0) is 7.05 Å². The second kappa shape index (κ2) is 4.17. The van der Waals surface area contributed by atoms with Gasteiger partial charge in [-0.25, -0.2) is 4.98 Å². The molecule has 0 aliphatic heterocycles. The molecular formula is C12H18N2O. The minimum atomic E-state index is 0.219. The highest BCUT2D eigenvalue weighted by atomic mass is 16.1. The molecule has 0 aromatic carbocycles. The molecule has 0 N–H and O–H groups in total. The van der Waals surface area contributed by atoms with Gasteiger partial charge in [-0.05, 0) is 18.8 Å². The number of aromatic nitrogens is 2. The Morgan fingerprint density at radius 3 is 2.60 bits per heavy atom. The summed E-state index contributed by atoms with van der Waals surface area (Å²) in [5, 5.41) is 0. The van der Waals surface area contributed by atoms with Crippen molar-refractivity contribution in [3.05, 3.63) is 18.2 Å². The topological polar surface area (TPSA) is 34.9 Å². The minimum absolute atomic E-state index is 0.219. The molecule has 0 atom stereocenters. The Bertz CT molecular complexity index is 348. The van der Waals surface area contributed by atoms with Gasteiger partial charge in [0, 0.05) is 19.2 Å². The van der Waals surface area contributed by atoms with Crippen molar-refractivity contribution in [1.82, 2.24) is 9.55 Å². The lowest BCUT2D eigenvalue weighted by Gasteiger charge is -2.24. The van der Waals surface area contributed by atoms with E-state index in [0.29, 0.717) is 5.69 Å². The highest BCUT2D eigenvalue weighted by Gasteiger charge is 2.26. The van der Waals surface area contributed by atoms with Gasteiger partial charge in [0.15, 0.2) is 5.78 Å². The van der Waals surface area contributed by atoms with E-state index < -0.39 is 0 Å². The molecule has 3 nitrogen and oxygen atoms in total. The summed E-state index contributed by atoms with van der Waals surface area (Å²) in [4.78, 5) is 16.2. The number of carbonyl (C=O) groups is 1. The van der Waals surface area contributed by atoms with Crippen LogP contribution in [0.4, 0.5) is 0 Å². The predicted octanol–water partition coefficient (Wildman–Crippen LogP) is 2.43. The first-order valence-electron chi connectivity index (χ1n) is 5.69. The van der Waals surface area contributed by atoms with E-state index >= 15 is 0 Å². The first-order valence-corrected chi connectivity index (χ1v) is 5.69. The lowest BCUT2D eigenvalue weighted by molar-refractivity contribution is 0.0871. The number of nitrogens with zero attached hydrogens (tertiary/aromatic N) is 2. The molecule has 1 aliphatic rings. The maximum Gasteiger partial charge on any atom is 0.185 e. The van der Waals surface area contributed by atoms with Crippen LogP contribution < -0.4 is 0 Å². The zero-order chi connectivity index (χ0) is 10.8. The third kappa shape index (κ3) is 2.28. The van der Waals surface area contributed by atoms with Gasteiger partial charge in [-0.1, -0.05) is 19.8 Å². The molecule has 0 unspecified atom stereocenters. The second-order valence-corrected chi connectivity index (χ2v) is 4.75. The summed E-state index contributed by atoms with van der Waals surface area (Å²) in [6.07, 6.45) is 7.96. The predicted molar refractivity (Wildman–Crippen MR) is 58.7 cm³/mol. The van der Waals surface area contributed by atoms with Crippen molar-refractivity contribution in [1.29, 1.82) is 0 Å². The Hall–Kier alpha value is -1.12. The lowest BCUT2D eigenvalue weighted by Crippen LogP contribution is -2.21. The van der Waals surface area contributed by atoms with Crippen LogP contribution >= 0.6 is 0 Å². The average molecular weight is 206 g/mol. The number of Topliss-reactive ketones (excluding diaryl/α,β-unsaturated/α-hetero) is 1. The van der Waals surface area contributed by atoms with Gasteiger partial charge in [0.1, 0.15) is 5.69 Å². The van der Waals surface area contributed by atoms with Gasteiger partial charge in [-0.15, -0.1) is 0 Å². The maximum absolute atomic E-state index is 12.0. The molecule has 1 aliphatic carbocycles. The quantitative estimate of drug-likeness (QED) is 0.696. The minimum Gasteiger partial charge on any atom is -0.340 e. The van der Waals surface area contributed by atoms with Gasteiger partial charge in [-0.3, -0.25) is 4.79 Å². The molecule has 0 radical (unpaired) electrons. The van der Waals surface area contributed by atoms with Crippen molar-refractivity contribution in [2.24, 2.45) is 18.9 Å². The molecule has 1 heterocycles. The van der Waals surface area contributed by atoms with Gasteiger partial charge in [0.25, 0.3) is 0 Å². The van der Waals surface area contributed by atoms with E-state index in [4.69, 9.17) is 0 Å². The van der Waals surface area contributed by atoms with Crippen molar-refractivity contribution in [2.45, 2.75) is 32.6 Å². The van der Waals surface area contributed by atoms with Crippen molar-refractivity contribution in [2.75, 3.05) is 0 Å². The summed E-state index contributed by atoms with van der Waals surface area (Å²) in [7, 11) is 1.90. The summed E-state index contributed by atoms with van der Waals surface area (Å²) in [5.41, 5.74) is 0.636. The third-order valence-electron chi connectivity index (χ3n) is 3.34. The normalized spacial score (nSPS) is 26.5. The number of carbonyl (C=O) groups excluding carboxylic acids is 1. The van der Waals surface area contributed by atoms with Crippen molar-refractivity contribution in [3.63, 3.8) is 0 Å². The SMILES string of the molecule is CC1CCC(C(=O)c2cn(C)cn2)CC1. The van der Waals surface area contributed by atoms with E-state index in [1.807, 2.05) is 17.8 Å². The molecule has 0 bridgehead atoms. The van der Waals surface area contributed by atoms with Gasteiger partial charge in [0.2, 0.25) is 0 Å². The summed E-state index contributed by atoms with van der Waals surface area (Å²) >= 11 is 0. The molecule has 82 valence electrons. The zero-order valence-electron chi connectivity index (χ0n) is 9.44. The van der Waals surface area contributed by atoms with E-state index in [1.54, 1.807) is 6.33 Å². The Labute approximate surface area is 90.5 Å². The van der Waals surface area contributed by atoms with Gasteiger partial charge < -0.3 is 4.57 Å². The molecule has 2 rings (SSSR count). The second-order valence-electron chi connectivity index (χ2n) is 4.75. The summed E-state index contributed by atoms with van der Waals surface area (Å²) in [5.74, 6) is 1.25. The molecule has 1 saturated carbocycles. The van der Waals surface area contributed by atoms with Crippen molar-refractivity contribution in [3.8, 4) is 0 Å². The Morgan fingerprint density at radius 2 is 2.07 bits per heavy atom. The Kier molecular flexibility index (Phi) is 2.89. The van der Waals surface area contributed by atoms with Gasteiger partial charge >= 0.3 is 0 Å². The highest BCUT2D eigenvalue weighted by Crippen LogP contribution is 2.30. The van der Waals surface area contributed by atoms with Crippen LogP contribution in [0.25, 0.3) is 0 Å². The highest BCUT2D eigenvalue weighted by molar-refractivity contribution is 5.95. The Balaban J connectivity index is 2.02. The van der Waals surface area contributed by atoms with Crippen molar-refractivity contribution < 1.29 is 4.79 Å². The molecule has 1 aromatic rings. The molecule has 1 aromatic heterocycles. The lowest BCUT2D eigenvalue weighted by atomic mass is 9.80. The number of rotatable bonds is 2. The van der Waals surface area contributed by atoms with E-state index in [-0.39, 0.29) is 11.7 Å². The summed E-state index contributed by atoms with van der Waals surface area (Å²) < 4.78 is 1.83. The average Bonchev–Trinajstić information content (AvgIpc) is 2.65. The van der Waals surface area contributed by atoms with E-state index in [9.17, 15) is 4.79 Å². The van der Waals surface area contributed by atoms with Crippen molar-refractivity contribution >= 4 is 5.78 Å². The fourth-order valence-corrected chi connectivity index (χ4v) is 2.27. The van der Waals surface area contributed by atoms with Crippen LogP contribution in [0.1, 0.15) is 43.1 Å². The number of ketones is 1. The molecule has 3 heteroatoms. The van der Waals surface area contributed by atoms with Crippen LogP contribution in [0.3, 0.4) is 0 Å². The molecule has 15 heavy (non-hydrogen) atoms. The molecule has 1 fully saturated rings. The maximum atomic E-state index is 12.0. The smallest absolute Gasteiger partial charge is 0.185 e. The first-order chi connectivity index (χ1) is 7.16. The Morgan fingerprint density at radius 1 is 1.40 bits per heavy atom. The van der Waals surface area contributed by atoms with E-state index in [1.165, 1.54) is 12.8 Å². The fraction of sp³-hybridized carbons (Fsp3) is 0.667. The van der Waals surface area contributed by atoms with E-state index in [2.05, 4.69) is 11.9 Å². The van der Waals surface area contributed by atoms with Crippen LogP contribution in [0.15, 0.2) is 12.5 Å². The standard InChI is InChI=1S/C12H18N2O/c1-9-3-5-10(6-4-9)12(15)11-7-14(2)8-13-11/h7-10H,3-6H2,1-2H3. The van der Waals surface area contributed by atoms with E-state index in [0.717, 1.165) is 18.8 Å². The van der Waals surface area contributed by atoms with Gasteiger partial charge in [-0.2, -0.15) is 0 Å². The van der Waals surface area contributed by atoms with Crippen LogP contribution in [0.5, 0.6) is 0 Å².